The van der Waals surface area contributed by atoms with Gasteiger partial charge in [0.1, 0.15) is 11.6 Å². The van der Waals surface area contributed by atoms with Gasteiger partial charge in [0.15, 0.2) is 5.65 Å². The third-order valence-corrected chi connectivity index (χ3v) is 7.02. The summed E-state index contributed by atoms with van der Waals surface area (Å²) in [5.74, 6) is -2.20. The minimum Gasteiger partial charge on any atom is -0.454 e. The molecule has 0 radical (unpaired) electrons. The first kappa shape index (κ1) is 21.3. The summed E-state index contributed by atoms with van der Waals surface area (Å²) in [5, 5.41) is 23.0. The Morgan fingerprint density at radius 3 is 2.71 bits per heavy atom. The first-order chi connectivity index (χ1) is 16.7. The number of amides is 1. The van der Waals surface area contributed by atoms with Crippen LogP contribution in [0.4, 0.5) is 5.69 Å². The molecule has 2 aliphatic rings. The van der Waals surface area contributed by atoms with E-state index < -0.39 is 23.0 Å². The van der Waals surface area contributed by atoms with Gasteiger partial charge in [0.25, 0.3) is 11.7 Å². The molecule has 0 bridgehead atoms. The van der Waals surface area contributed by atoms with Crippen LogP contribution in [0.15, 0.2) is 54.7 Å². The van der Waals surface area contributed by atoms with Crippen LogP contribution in [0.3, 0.4) is 0 Å². The quantitative estimate of drug-likeness (QED) is 0.393. The molecule has 2 unspecified atom stereocenters. The molecule has 4 N–H and O–H groups in total. The van der Waals surface area contributed by atoms with Gasteiger partial charge in [-0.2, -0.15) is 0 Å². The largest absolute Gasteiger partial charge is 0.454 e. The van der Waals surface area contributed by atoms with Gasteiger partial charge in [-0.05, 0) is 42.7 Å². The fourth-order valence-corrected chi connectivity index (χ4v) is 5.19. The third kappa shape index (κ3) is 2.55. The summed E-state index contributed by atoms with van der Waals surface area (Å²) in [6, 6.07) is 13.5. The number of fused-ring (bicyclic) bond motifs is 6. The second kappa shape index (κ2) is 6.89. The molecule has 2 atom stereocenters. The average Bonchev–Trinajstić information content (AvgIpc) is 3.39. The summed E-state index contributed by atoms with van der Waals surface area (Å²) >= 11 is 0. The zero-order valence-corrected chi connectivity index (χ0v) is 19.4. The number of anilines is 1. The monoisotopic (exact) mass is 469 g/mol. The van der Waals surface area contributed by atoms with Crippen molar-refractivity contribution in [1.82, 2.24) is 19.9 Å². The topological polar surface area (TPSA) is 132 Å². The zero-order chi connectivity index (χ0) is 24.7. The number of aryl methyl sites for hydroxylation is 1. The van der Waals surface area contributed by atoms with E-state index in [4.69, 9.17) is 10.5 Å². The molecular formula is C26H23N5O4. The molecule has 1 aliphatic heterocycles. The number of pyridine rings is 1. The summed E-state index contributed by atoms with van der Waals surface area (Å²) in [6.07, 6.45) is 1.74. The van der Waals surface area contributed by atoms with Crippen LogP contribution in [-0.4, -0.2) is 31.4 Å². The van der Waals surface area contributed by atoms with Crippen molar-refractivity contribution < 1.29 is 19.4 Å². The van der Waals surface area contributed by atoms with E-state index in [9.17, 15) is 14.7 Å². The second-order valence-electron chi connectivity index (χ2n) is 9.32. The Morgan fingerprint density at radius 1 is 1.14 bits per heavy atom. The van der Waals surface area contributed by atoms with Gasteiger partial charge in [-0.1, -0.05) is 38.1 Å². The van der Waals surface area contributed by atoms with E-state index in [2.05, 4.69) is 15.5 Å². The van der Waals surface area contributed by atoms with Gasteiger partial charge in [-0.15, -0.1) is 10.2 Å². The Balaban J connectivity index is 1.57. The number of benzene rings is 2. The van der Waals surface area contributed by atoms with E-state index in [0.717, 1.165) is 5.56 Å². The standard InChI is InChI=1S/C26H23N5O4/c1-13(2)15-9-10-17-20(12-15)35-26(34)18-7-4-8-19(27)21(18)22(32)25(17,26)28-24(33)16-6-5-11-31-14(3)29-30-23(16)31/h4-13,34H,27H2,1-3H3,(H,28,33). The molecule has 9 nitrogen and oxygen atoms in total. The first-order valence-corrected chi connectivity index (χ1v) is 11.3. The molecule has 0 spiro atoms. The zero-order valence-electron chi connectivity index (χ0n) is 19.4. The van der Waals surface area contributed by atoms with Gasteiger partial charge >= 0.3 is 0 Å². The van der Waals surface area contributed by atoms with Gasteiger partial charge in [-0.3, -0.25) is 14.0 Å². The molecule has 2 aromatic carbocycles. The van der Waals surface area contributed by atoms with E-state index in [1.165, 1.54) is 0 Å². The molecule has 0 saturated carbocycles. The van der Waals surface area contributed by atoms with Crippen LogP contribution < -0.4 is 15.8 Å². The molecule has 3 heterocycles. The molecule has 9 heteroatoms. The summed E-state index contributed by atoms with van der Waals surface area (Å²) < 4.78 is 7.80. The predicted molar refractivity (Wildman–Crippen MR) is 127 cm³/mol. The molecule has 4 aromatic rings. The molecule has 1 amide bonds. The van der Waals surface area contributed by atoms with Crippen LogP contribution >= 0.6 is 0 Å². The highest BCUT2D eigenvalue weighted by Gasteiger charge is 2.72. The number of rotatable bonds is 3. The molecule has 0 saturated heterocycles. The minimum absolute atomic E-state index is 0.130. The lowest BCUT2D eigenvalue weighted by Gasteiger charge is -2.34. The number of nitrogens with two attached hydrogens (primary N) is 1. The maximum absolute atomic E-state index is 14.1. The van der Waals surface area contributed by atoms with Crippen LogP contribution in [0, 0.1) is 6.92 Å². The number of nitrogens with zero attached hydrogens (tertiary/aromatic N) is 3. The predicted octanol–water partition coefficient (Wildman–Crippen LogP) is 2.80. The maximum atomic E-state index is 14.1. The van der Waals surface area contributed by atoms with Gasteiger partial charge < -0.3 is 20.9 Å². The lowest BCUT2D eigenvalue weighted by Crippen LogP contribution is -2.60. The summed E-state index contributed by atoms with van der Waals surface area (Å²) in [6.45, 7) is 5.84. The number of ketones is 1. The van der Waals surface area contributed by atoms with E-state index in [-0.39, 0.29) is 28.3 Å². The lowest BCUT2D eigenvalue weighted by molar-refractivity contribution is -0.169. The van der Waals surface area contributed by atoms with Crippen molar-refractivity contribution in [1.29, 1.82) is 0 Å². The molecule has 35 heavy (non-hydrogen) atoms. The average molecular weight is 470 g/mol. The highest BCUT2D eigenvalue weighted by atomic mass is 16.6. The number of ether oxygens (including phenoxy) is 1. The maximum Gasteiger partial charge on any atom is 0.271 e. The van der Waals surface area contributed by atoms with E-state index in [1.54, 1.807) is 60.0 Å². The second-order valence-corrected chi connectivity index (χ2v) is 9.32. The van der Waals surface area contributed by atoms with Crippen LogP contribution in [0.25, 0.3) is 5.65 Å². The Kier molecular flexibility index (Phi) is 4.20. The minimum atomic E-state index is -2.18. The van der Waals surface area contributed by atoms with E-state index in [0.29, 0.717) is 22.8 Å². The number of aliphatic hydroxyl groups is 1. The number of hydrogen-bond acceptors (Lipinski definition) is 7. The fourth-order valence-electron chi connectivity index (χ4n) is 5.19. The van der Waals surface area contributed by atoms with Gasteiger partial charge in [-0.25, -0.2) is 0 Å². The fraction of sp³-hybridized carbons (Fsp3) is 0.231. The molecule has 1 aliphatic carbocycles. The van der Waals surface area contributed by atoms with Crippen LogP contribution in [0.1, 0.15) is 63.0 Å². The van der Waals surface area contributed by atoms with Gasteiger partial charge in [0.05, 0.1) is 11.1 Å². The number of carbonyl (C=O) groups is 2. The van der Waals surface area contributed by atoms with E-state index >= 15 is 0 Å². The smallest absolute Gasteiger partial charge is 0.271 e. The molecular weight excluding hydrogens is 446 g/mol. The molecule has 6 rings (SSSR count). The number of carbonyl (C=O) groups excluding carboxylic acids is 2. The van der Waals surface area contributed by atoms with E-state index in [1.807, 2.05) is 19.9 Å². The van der Waals surface area contributed by atoms with Crippen molar-refractivity contribution in [3.05, 3.63) is 88.4 Å². The number of nitrogen functional groups attached to an aromatic ring is 1. The summed E-state index contributed by atoms with van der Waals surface area (Å²) in [7, 11) is 0. The summed E-state index contributed by atoms with van der Waals surface area (Å²) in [5.41, 5.74) is 6.63. The van der Waals surface area contributed by atoms with Crippen LogP contribution in [0.5, 0.6) is 5.75 Å². The molecule has 0 fully saturated rings. The molecule has 176 valence electrons. The first-order valence-electron chi connectivity index (χ1n) is 11.3. The number of hydrogen-bond donors (Lipinski definition) is 3. The Morgan fingerprint density at radius 2 is 1.94 bits per heavy atom. The highest BCUT2D eigenvalue weighted by Crippen LogP contribution is 2.59. The SMILES string of the molecule is Cc1nnc2c(C(=O)NC34C(=O)c5c(N)cccc5C3(O)Oc3cc(C(C)C)ccc34)cccn12. The Bertz CT molecular complexity index is 1580. The highest BCUT2D eigenvalue weighted by molar-refractivity contribution is 6.16. The van der Waals surface area contributed by atoms with Crippen molar-refractivity contribution in [2.45, 2.75) is 38.0 Å². The van der Waals surface area contributed by atoms with Crippen LogP contribution in [-0.2, 0) is 11.3 Å². The normalized spacial score (nSPS) is 22.1. The Labute approximate surface area is 200 Å². The number of nitrogens with one attached hydrogen (secondary N) is 1. The number of aromatic nitrogens is 3. The van der Waals surface area contributed by atoms with Crippen molar-refractivity contribution >= 4 is 23.0 Å². The van der Waals surface area contributed by atoms with Crippen LogP contribution in [0.2, 0.25) is 0 Å². The number of Topliss-reactive ketones (excluding diaryl/α,β-unsaturated/α-hetero) is 1. The van der Waals surface area contributed by atoms with Crippen molar-refractivity contribution in [2.24, 2.45) is 0 Å². The lowest BCUT2D eigenvalue weighted by atomic mass is 9.82. The van der Waals surface area contributed by atoms with Crippen molar-refractivity contribution in [2.75, 3.05) is 5.73 Å². The third-order valence-electron chi connectivity index (χ3n) is 7.02. The van der Waals surface area contributed by atoms with Crippen molar-refractivity contribution in [3.8, 4) is 5.75 Å². The molecule has 2 aromatic heterocycles. The summed E-state index contributed by atoms with van der Waals surface area (Å²) in [4.78, 5) is 27.8. The Hall–Kier alpha value is -4.24. The van der Waals surface area contributed by atoms with Gasteiger partial charge in [0.2, 0.25) is 11.3 Å². The van der Waals surface area contributed by atoms with Crippen molar-refractivity contribution in [3.63, 3.8) is 0 Å². The van der Waals surface area contributed by atoms with Gasteiger partial charge in [0, 0.05) is 23.0 Å².